The number of nitrogens with one attached hydrogen (secondary N) is 3. The lowest BCUT2D eigenvalue weighted by molar-refractivity contribution is -0.137. The van der Waals surface area contributed by atoms with Crippen LogP contribution in [0.15, 0.2) is 0 Å². The molecule has 0 aliphatic carbocycles. The molecule has 7 nitrogen and oxygen atoms in total. The van der Waals surface area contributed by atoms with Crippen molar-refractivity contribution >= 4 is 17.8 Å². The molecule has 1 heterocycles. The van der Waals surface area contributed by atoms with Gasteiger partial charge in [0.15, 0.2) is 0 Å². The van der Waals surface area contributed by atoms with E-state index in [2.05, 4.69) is 16.0 Å². The molecule has 0 aromatic carbocycles. The van der Waals surface area contributed by atoms with Crippen molar-refractivity contribution in [1.29, 1.82) is 0 Å². The molecule has 102 valence electrons. The van der Waals surface area contributed by atoms with E-state index in [4.69, 9.17) is 5.11 Å². The summed E-state index contributed by atoms with van der Waals surface area (Å²) in [5.41, 5.74) is -0.576. The van der Waals surface area contributed by atoms with Crippen LogP contribution in [0.5, 0.6) is 0 Å². The molecule has 0 aromatic rings. The average molecular weight is 257 g/mol. The summed E-state index contributed by atoms with van der Waals surface area (Å²) >= 11 is 0. The first kappa shape index (κ1) is 14.4. The number of carbonyl (C=O) groups excluding carboxylic acids is 2. The minimum Gasteiger partial charge on any atom is -0.480 e. The molecule has 4 N–H and O–H groups in total. The summed E-state index contributed by atoms with van der Waals surface area (Å²) in [7, 11) is 0. The van der Waals surface area contributed by atoms with Crippen LogP contribution in [0.4, 0.5) is 0 Å². The Morgan fingerprint density at radius 1 is 1.28 bits per heavy atom. The number of carboxylic acid groups (broad SMARTS) is 1. The van der Waals surface area contributed by atoms with Gasteiger partial charge in [0.2, 0.25) is 11.8 Å². The number of rotatable bonds is 6. The van der Waals surface area contributed by atoms with E-state index >= 15 is 0 Å². The van der Waals surface area contributed by atoms with Crippen molar-refractivity contribution in [3.63, 3.8) is 0 Å². The van der Waals surface area contributed by atoms with E-state index in [0.29, 0.717) is 6.42 Å². The number of hydrogen-bond acceptors (Lipinski definition) is 4. The molecular formula is C11H19N3O4. The van der Waals surface area contributed by atoms with Crippen molar-refractivity contribution in [2.24, 2.45) is 0 Å². The Morgan fingerprint density at radius 2 is 2.00 bits per heavy atom. The molecule has 0 radical (unpaired) electrons. The maximum absolute atomic E-state index is 12.0. The quantitative estimate of drug-likeness (QED) is 0.480. The first-order chi connectivity index (χ1) is 8.50. The molecule has 1 aliphatic rings. The first-order valence-electron chi connectivity index (χ1n) is 6.02. The first-order valence-corrected chi connectivity index (χ1v) is 6.02. The molecule has 1 atom stereocenters. The molecule has 18 heavy (non-hydrogen) atoms. The molecule has 1 saturated heterocycles. The summed E-state index contributed by atoms with van der Waals surface area (Å²) in [5, 5.41) is 16.3. The Hall–Kier alpha value is -1.63. The maximum atomic E-state index is 12.0. The monoisotopic (exact) mass is 257 g/mol. The van der Waals surface area contributed by atoms with Gasteiger partial charge in [0, 0.05) is 0 Å². The second kappa shape index (κ2) is 6.34. The number of hydrogen-bond donors (Lipinski definition) is 4. The Kier molecular flexibility index (Phi) is 5.08. The number of amides is 2. The molecule has 0 bridgehead atoms. The van der Waals surface area contributed by atoms with Gasteiger partial charge in [0.05, 0.1) is 12.1 Å². The molecule has 1 aliphatic heterocycles. The Morgan fingerprint density at radius 3 is 2.50 bits per heavy atom. The third-order valence-electron chi connectivity index (χ3n) is 3.13. The lowest BCUT2D eigenvalue weighted by Crippen LogP contribution is -2.54. The summed E-state index contributed by atoms with van der Waals surface area (Å²) in [6.07, 6.45) is 2.36. The van der Waals surface area contributed by atoms with Crippen LogP contribution in [0.25, 0.3) is 0 Å². The van der Waals surface area contributed by atoms with Crippen molar-refractivity contribution in [2.45, 2.75) is 31.7 Å². The predicted molar refractivity (Wildman–Crippen MR) is 63.9 cm³/mol. The van der Waals surface area contributed by atoms with E-state index in [9.17, 15) is 14.4 Å². The highest BCUT2D eigenvalue weighted by Crippen LogP contribution is 2.22. The van der Waals surface area contributed by atoms with E-state index in [0.717, 1.165) is 19.4 Å². The zero-order valence-electron chi connectivity index (χ0n) is 10.4. The minimum atomic E-state index is -1.11. The Balaban J connectivity index is 2.36. The molecular weight excluding hydrogens is 238 g/mol. The van der Waals surface area contributed by atoms with Crippen LogP contribution in [0.1, 0.15) is 26.2 Å². The smallest absolute Gasteiger partial charge is 0.322 e. The van der Waals surface area contributed by atoms with Crippen LogP contribution in [0.2, 0.25) is 0 Å². The highest BCUT2D eigenvalue weighted by molar-refractivity contribution is 5.91. The van der Waals surface area contributed by atoms with Gasteiger partial charge in [-0.15, -0.1) is 0 Å². The summed E-state index contributed by atoms with van der Waals surface area (Å²) in [6, 6.07) is 0. The van der Waals surface area contributed by atoms with E-state index in [1.165, 1.54) is 0 Å². The minimum absolute atomic E-state index is 0.199. The Bertz CT molecular complexity index is 337. The number of aliphatic carboxylic acids is 1. The fourth-order valence-electron chi connectivity index (χ4n) is 2.03. The molecule has 1 unspecified atom stereocenters. The van der Waals surface area contributed by atoms with E-state index in [1.807, 2.05) is 6.92 Å². The average Bonchev–Trinajstić information content (AvgIpc) is 2.83. The van der Waals surface area contributed by atoms with E-state index in [1.54, 1.807) is 0 Å². The van der Waals surface area contributed by atoms with Gasteiger partial charge in [-0.2, -0.15) is 0 Å². The molecule has 0 saturated carbocycles. The number of carboxylic acids is 1. The highest BCUT2D eigenvalue weighted by atomic mass is 16.4. The van der Waals surface area contributed by atoms with Gasteiger partial charge >= 0.3 is 5.97 Å². The van der Waals surface area contributed by atoms with Gasteiger partial charge in [-0.05, 0) is 25.8 Å². The van der Waals surface area contributed by atoms with Crippen LogP contribution in [-0.2, 0) is 14.4 Å². The summed E-state index contributed by atoms with van der Waals surface area (Å²) in [5.74, 6) is -1.82. The third kappa shape index (κ3) is 3.69. The van der Waals surface area contributed by atoms with E-state index < -0.39 is 24.0 Å². The molecule has 0 aromatic heterocycles. The molecule has 1 rings (SSSR count). The van der Waals surface area contributed by atoms with Gasteiger partial charge in [-0.3, -0.25) is 14.4 Å². The fraction of sp³-hybridized carbons (Fsp3) is 0.727. The van der Waals surface area contributed by atoms with Crippen molar-refractivity contribution < 1.29 is 19.5 Å². The van der Waals surface area contributed by atoms with Gasteiger partial charge in [-0.1, -0.05) is 6.92 Å². The van der Waals surface area contributed by atoms with Crippen LogP contribution in [-0.4, -0.2) is 48.1 Å². The van der Waals surface area contributed by atoms with Gasteiger partial charge in [-0.25, -0.2) is 0 Å². The zero-order valence-corrected chi connectivity index (χ0v) is 10.4. The van der Waals surface area contributed by atoms with Crippen molar-refractivity contribution in [2.75, 3.05) is 19.6 Å². The fourth-order valence-corrected chi connectivity index (χ4v) is 2.03. The Labute approximate surface area is 105 Å². The van der Waals surface area contributed by atoms with Crippen molar-refractivity contribution in [3.8, 4) is 0 Å². The topological polar surface area (TPSA) is 108 Å². The van der Waals surface area contributed by atoms with Crippen LogP contribution < -0.4 is 16.0 Å². The molecule has 7 heteroatoms. The van der Waals surface area contributed by atoms with Crippen LogP contribution in [0.3, 0.4) is 0 Å². The standard InChI is InChI=1S/C11H19N3O4/c1-2-11(4-3-5-14-11)10(18)13-6-8(15)12-7-9(16)17/h14H,2-7H2,1H3,(H,12,15)(H,13,18)(H,16,17). The summed E-state index contributed by atoms with van der Waals surface area (Å²) < 4.78 is 0. The van der Waals surface area contributed by atoms with Crippen LogP contribution in [0, 0.1) is 0 Å². The normalized spacial score (nSPS) is 22.5. The SMILES string of the molecule is CCC1(C(=O)NCC(=O)NCC(=O)O)CCCN1. The second-order valence-corrected chi connectivity index (χ2v) is 4.32. The molecule has 2 amide bonds. The zero-order chi connectivity index (χ0) is 13.6. The van der Waals surface area contributed by atoms with Gasteiger partial charge < -0.3 is 21.1 Å². The maximum Gasteiger partial charge on any atom is 0.322 e. The molecule has 1 fully saturated rings. The molecule has 0 spiro atoms. The largest absolute Gasteiger partial charge is 0.480 e. The highest BCUT2D eigenvalue weighted by Gasteiger charge is 2.38. The second-order valence-electron chi connectivity index (χ2n) is 4.32. The van der Waals surface area contributed by atoms with Crippen molar-refractivity contribution in [1.82, 2.24) is 16.0 Å². The number of carbonyl (C=O) groups is 3. The third-order valence-corrected chi connectivity index (χ3v) is 3.13. The predicted octanol–water partition coefficient (Wildman–Crippen LogP) is -1.16. The van der Waals surface area contributed by atoms with Crippen molar-refractivity contribution in [3.05, 3.63) is 0 Å². The van der Waals surface area contributed by atoms with Gasteiger partial charge in [0.25, 0.3) is 0 Å². The lowest BCUT2D eigenvalue weighted by Gasteiger charge is -2.26. The van der Waals surface area contributed by atoms with Gasteiger partial charge in [0.1, 0.15) is 6.54 Å². The lowest BCUT2D eigenvalue weighted by atomic mass is 9.93. The van der Waals surface area contributed by atoms with E-state index in [-0.39, 0.29) is 12.5 Å². The summed E-state index contributed by atoms with van der Waals surface area (Å²) in [4.78, 5) is 33.5. The summed E-state index contributed by atoms with van der Waals surface area (Å²) in [6.45, 7) is 2.08. The van der Waals surface area contributed by atoms with Crippen LogP contribution >= 0.6 is 0 Å².